The number of benzene rings is 2. The van der Waals surface area contributed by atoms with E-state index in [-0.39, 0.29) is 41.6 Å². The molecule has 7 nitrogen and oxygen atoms in total. The van der Waals surface area contributed by atoms with E-state index in [0.29, 0.717) is 16.0 Å². The summed E-state index contributed by atoms with van der Waals surface area (Å²) in [5, 5.41) is 5.21. The molecule has 1 fully saturated rings. The molecule has 172 valence electrons. The van der Waals surface area contributed by atoms with E-state index >= 15 is 0 Å². The molecule has 4 amide bonds. The van der Waals surface area contributed by atoms with E-state index in [1.807, 2.05) is 52.0 Å². The van der Waals surface area contributed by atoms with Gasteiger partial charge in [0.05, 0.1) is 4.91 Å². The summed E-state index contributed by atoms with van der Waals surface area (Å²) in [7, 11) is 0. The number of hydrogen-bond donors (Lipinski definition) is 2. The minimum absolute atomic E-state index is 0.0771. The SMILES string of the molecule is Cc1ccc(/C=C2\SC(=O)N(CCNC(=O)c3ccc(C(=O)NC(C)(C)C)cc3)C2=O)cc1. The van der Waals surface area contributed by atoms with Gasteiger partial charge in [0.2, 0.25) is 0 Å². The van der Waals surface area contributed by atoms with E-state index in [1.54, 1.807) is 30.3 Å². The highest BCUT2D eigenvalue weighted by molar-refractivity contribution is 8.18. The maximum absolute atomic E-state index is 12.6. The third kappa shape index (κ3) is 6.55. The van der Waals surface area contributed by atoms with Crippen molar-refractivity contribution in [1.82, 2.24) is 15.5 Å². The molecule has 1 heterocycles. The number of nitrogens with zero attached hydrogens (tertiary/aromatic N) is 1. The summed E-state index contributed by atoms with van der Waals surface area (Å²) in [6.07, 6.45) is 1.69. The third-order valence-corrected chi connectivity index (χ3v) is 5.67. The molecule has 0 bridgehead atoms. The van der Waals surface area contributed by atoms with Gasteiger partial charge in [0.1, 0.15) is 0 Å². The molecule has 0 saturated carbocycles. The van der Waals surface area contributed by atoms with Crippen molar-refractivity contribution in [1.29, 1.82) is 0 Å². The fourth-order valence-corrected chi connectivity index (χ4v) is 3.94. The number of carbonyl (C=O) groups excluding carboxylic acids is 4. The molecule has 8 heteroatoms. The van der Waals surface area contributed by atoms with Gasteiger partial charge in [-0.15, -0.1) is 0 Å². The summed E-state index contributed by atoms with van der Waals surface area (Å²) in [4.78, 5) is 51.0. The standard InChI is InChI=1S/C25H27N3O4S/c1-16-5-7-17(8-6-16)15-20-23(31)28(24(32)33-20)14-13-26-21(29)18-9-11-19(12-10-18)22(30)27-25(2,3)4/h5-12,15H,13-14H2,1-4H3,(H,26,29)(H,27,30)/b20-15-. The maximum atomic E-state index is 12.6. The number of hydrogen-bond acceptors (Lipinski definition) is 5. The maximum Gasteiger partial charge on any atom is 0.293 e. The Hall–Kier alpha value is -3.39. The van der Waals surface area contributed by atoms with Crippen molar-refractivity contribution in [3.63, 3.8) is 0 Å². The summed E-state index contributed by atoms with van der Waals surface area (Å²) in [5.74, 6) is -0.929. The second-order valence-corrected chi connectivity index (χ2v) is 9.77. The van der Waals surface area contributed by atoms with Gasteiger partial charge >= 0.3 is 0 Å². The van der Waals surface area contributed by atoms with Crippen LogP contribution >= 0.6 is 11.8 Å². The largest absolute Gasteiger partial charge is 0.350 e. The van der Waals surface area contributed by atoms with Gasteiger partial charge in [-0.3, -0.25) is 24.1 Å². The molecule has 0 aliphatic carbocycles. The normalized spacial score (nSPS) is 15.2. The Kier molecular flexibility index (Phi) is 7.38. The highest BCUT2D eigenvalue weighted by Crippen LogP contribution is 2.31. The lowest BCUT2D eigenvalue weighted by Crippen LogP contribution is -2.40. The van der Waals surface area contributed by atoms with Gasteiger partial charge < -0.3 is 10.6 Å². The first-order valence-corrected chi connectivity index (χ1v) is 11.4. The molecule has 0 atom stereocenters. The number of imide groups is 1. The van der Waals surface area contributed by atoms with Crippen molar-refractivity contribution in [2.75, 3.05) is 13.1 Å². The van der Waals surface area contributed by atoms with E-state index in [0.717, 1.165) is 27.8 Å². The van der Waals surface area contributed by atoms with Gasteiger partial charge in [-0.25, -0.2) is 0 Å². The van der Waals surface area contributed by atoms with Gasteiger partial charge in [-0.1, -0.05) is 29.8 Å². The van der Waals surface area contributed by atoms with Crippen LogP contribution < -0.4 is 10.6 Å². The smallest absolute Gasteiger partial charge is 0.293 e. The number of carbonyl (C=O) groups is 4. The summed E-state index contributed by atoms with van der Waals surface area (Å²) in [6, 6.07) is 14.0. The van der Waals surface area contributed by atoms with Crippen LogP contribution in [0.25, 0.3) is 6.08 Å². The molecule has 33 heavy (non-hydrogen) atoms. The second kappa shape index (κ2) is 10.0. The van der Waals surface area contributed by atoms with Crippen LogP contribution in [0.2, 0.25) is 0 Å². The zero-order chi connectivity index (χ0) is 24.2. The van der Waals surface area contributed by atoms with E-state index in [4.69, 9.17) is 0 Å². The minimum atomic E-state index is -0.367. The topological polar surface area (TPSA) is 95.6 Å². The van der Waals surface area contributed by atoms with Gasteiger partial charge in [0, 0.05) is 29.8 Å². The Morgan fingerprint density at radius 2 is 1.52 bits per heavy atom. The lowest BCUT2D eigenvalue weighted by molar-refractivity contribution is -0.122. The lowest BCUT2D eigenvalue weighted by Gasteiger charge is -2.20. The van der Waals surface area contributed by atoms with Crippen molar-refractivity contribution < 1.29 is 19.2 Å². The molecule has 2 N–H and O–H groups in total. The molecule has 0 unspecified atom stereocenters. The molecule has 0 aromatic heterocycles. The quantitative estimate of drug-likeness (QED) is 0.629. The molecule has 1 saturated heterocycles. The molecule has 1 aliphatic rings. The second-order valence-electron chi connectivity index (χ2n) is 8.78. The van der Waals surface area contributed by atoms with E-state index in [2.05, 4.69) is 10.6 Å². The van der Waals surface area contributed by atoms with Crippen molar-refractivity contribution >= 4 is 40.8 Å². The van der Waals surface area contributed by atoms with Crippen LogP contribution in [0.5, 0.6) is 0 Å². The minimum Gasteiger partial charge on any atom is -0.350 e. The van der Waals surface area contributed by atoms with Crippen LogP contribution in [0.15, 0.2) is 53.4 Å². The first-order valence-electron chi connectivity index (χ1n) is 10.6. The Morgan fingerprint density at radius 3 is 2.09 bits per heavy atom. The molecule has 2 aromatic carbocycles. The Balaban J connectivity index is 1.54. The average molecular weight is 466 g/mol. The van der Waals surface area contributed by atoms with Crippen LogP contribution in [0.1, 0.15) is 52.6 Å². The van der Waals surface area contributed by atoms with E-state index < -0.39 is 0 Å². The lowest BCUT2D eigenvalue weighted by atomic mass is 10.1. The molecule has 1 aliphatic heterocycles. The summed E-state index contributed by atoms with van der Waals surface area (Å²) in [6.45, 7) is 7.85. The fourth-order valence-electron chi connectivity index (χ4n) is 3.08. The van der Waals surface area contributed by atoms with Crippen LogP contribution in [0, 0.1) is 6.92 Å². The van der Waals surface area contributed by atoms with Gasteiger partial charge in [0.25, 0.3) is 23.0 Å². The fraction of sp³-hybridized carbons (Fsp3) is 0.280. The molecule has 0 spiro atoms. The number of nitrogens with one attached hydrogen (secondary N) is 2. The van der Waals surface area contributed by atoms with E-state index in [1.165, 1.54) is 0 Å². The highest BCUT2D eigenvalue weighted by Gasteiger charge is 2.34. The Morgan fingerprint density at radius 1 is 0.939 bits per heavy atom. The van der Waals surface area contributed by atoms with Crippen LogP contribution in [-0.2, 0) is 4.79 Å². The van der Waals surface area contributed by atoms with Crippen LogP contribution in [-0.4, -0.2) is 46.5 Å². The molecule has 3 rings (SSSR count). The van der Waals surface area contributed by atoms with Crippen LogP contribution in [0.4, 0.5) is 4.79 Å². The number of rotatable bonds is 6. The first-order chi connectivity index (χ1) is 15.5. The third-order valence-electron chi connectivity index (χ3n) is 4.77. The number of aryl methyl sites for hydroxylation is 1. The zero-order valence-electron chi connectivity index (χ0n) is 19.1. The monoisotopic (exact) mass is 465 g/mol. The van der Waals surface area contributed by atoms with Crippen molar-refractivity contribution in [2.45, 2.75) is 33.2 Å². The summed E-state index contributed by atoms with van der Waals surface area (Å²) in [5.41, 5.74) is 2.44. The Bertz CT molecular complexity index is 1100. The van der Waals surface area contributed by atoms with Gasteiger partial charge in [-0.05, 0) is 75.4 Å². The molecule has 2 aromatic rings. The van der Waals surface area contributed by atoms with Gasteiger partial charge in [-0.2, -0.15) is 0 Å². The van der Waals surface area contributed by atoms with Crippen LogP contribution in [0.3, 0.4) is 0 Å². The predicted molar refractivity (Wildman–Crippen MR) is 130 cm³/mol. The van der Waals surface area contributed by atoms with Crippen molar-refractivity contribution in [3.05, 3.63) is 75.7 Å². The number of thioether (sulfide) groups is 1. The molecular weight excluding hydrogens is 438 g/mol. The first kappa shape index (κ1) is 24.3. The molecule has 0 radical (unpaired) electrons. The van der Waals surface area contributed by atoms with Gasteiger partial charge in [0.15, 0.2) is 0 Å². The Labute approximate surface area is 197 Å². The number of amides is 4. The summed E-state index contributed by atoms with van der Waals surface area (Å²) >= 11 is 0.892. The zero-order valence-corrected chi connectivity index (χ0v) is 19.9. The van der Waals surface area contributed by atoms with E-state index in [9.17, 15) is 19.2 Å². The average Bonchev–Trinajstić information content (AvgIpc) is 3.01. The summed E-state index contributed by atoms with van der Waals surface area (Å²) < 4.78 is 0. The van der Waals surface area contributed by atoms with Crippen molar-refractivity contribution in [3.8, 4) is 0 Å². The molecular formula is C25H27N3O4S. The highest BCUT2D eigenvalue weighted by atomic mass is 32.2. The predicted octanol–water partition coefficient (Wildman–Crippen LogP) is 3.99. The van der Waals surface area contributed by atoms with Crippen molar-refractivity contribution in [2.24, 2.45) is 0 Å².